The summed E-state index contributed by atoms with van der Waals surface area (Å²) in [5.41, 5.74) is 2.71. The number of amides is 1. The fraction of sp³-hybridized carbons (Fsp3) is 0.227. The summed E-state index contributed by atoms with van der Waals surface area (Å²) in [7, 11) is 0. The lowest BCUT2D eigenvalue weighted by Gasteiger charge is -2.30. The molecule has 5 heteroatoms. The molecule has 0 unspecified atom stereocenters. The van der Waals surface area contributed by atoms with Crippen LogP contribution in [0.25, 0.3) is 10.8 Å². The van der Waals surface area contributed by atoms with E-state index in [4.69, 9.17) is 16.3 Å². The lowest BCUT2D eigenvalue weighted by molar-refractivity contribution is -0.115. The van der Waals surface area contributed by atoms with Gasteiger partial charge in [0.15, 0.2) is 0 Å². The first kappa shape index (κ1) is 17.8. The molecule has 1 aliphatic rings. The molecule has 4 rings (SSSR count). The number of fused-ring (bicyclic) bond motifs is 1. The zero-order valence-electron chi connectivity index (χ0n) is 15.0. The third-order valence-electron chi connectivity index (χ3n) is 4.76. The molecule has 0 aromatic heterocycles. The molecular formula is C22H21ClN2O2. The van der Waals surface area contributed by atoms with Crippen molar-refractivity contribution >= 4 is 39.7 Å². The van der Waals surface area contributed by atoms with Gasteiger partial charge in [-0.15, -0.1) is 0 Å². The first-order chi connectivity index (χ1) is 13.2. The fourth-order valence-corrected chi connectivity index (χ4v) is 3.59. The second-order valence-corrected chi connectivity index (χ2v) is 7.10. The molecule has 0 saturated carbocycles. The molecular weight excluding hydrogens is 360 g/mol. The molecule has 1 N–H and O–H groups in total. The highest BCUT2D eigenvalue weighted by atomic mass is 35.5. The molecule has 138 valence electrons. The molecule has 1 aliphatic heterocycles. The Bertz CT molecular complexity index is 967. The van der Waals surface area contributed by atoms with Crippen molar-refractivity contribution in [2.45, 2.75) is 6.42 Å². The SMILES string of the molecule is O=C(Cc1ccc2ccccc2c1)Nc1cc(Cl)ccc1N1CCOCC1. The molecule has 1 fully saturated rings. The monoisotopic (exact) mass is 380 g/mol. The number of rotatable bonds is 4. The molecule has 1 saturated heterocycles. The van der Waals surface area contributed by atoms with Crippen molar-refractivity contribution < 1.29 is 9.53 Å². The Kier molecular flexibility index (Phi) is 5.28. The Morgan fingerprint density at radius 2 is 1.78 bits per heavy atom. The van der Waals surface area contributed by atoms with Crippen LogP contribution in [0.15, 0.2) is 60.7 Å². The van der Waals surface area contributed by atoms with Gasteiger partial charge in [0.25, 0.3) is 0 Å². The van der Waals surface area contributed by atoms with Crippen LogP contribution >= 0.6 is 11.6 Å². The lowest BCUT2D eigenvalue weighted by atomic mass is 10.0. The van der Waals surface area contributed by atoms with Gasteiger partial charge in [-0.2, -0.15) is 0 Å². The average molecular weight is 381 g/mol. The number of nitrogens with one attached hydrogen (secondary N) is 1. The molecule has 1 heterocycles. The van der Waals surface area contributed by atoms with E-state index in [2.05, 4.69) is 34.5 Å². The van der Waals surface area contributed by atoms with Crippen LogP contribution in [0.3, 0.4) is 0 Å². The van der Waals surface area contributed by atoms with Gasteiger partial charge in [0.2, 0.25) is 5.91 Å². The van der Waals surface area contributed by atoms with Gasteiger partial charge in [-0.05, 0) is 34.5 Å². The van der Waals surface area contributed by atoms with E-state index in [0.717, 1.165) is 35.4 Å². The molecule has 0 radical (unpaired) electrons. The number of morpholine rings is 1. The van der Waals surface area contributed by atoms with E-state index >= 15 is 0 Å². The summed E-state index contributed by atoms with van der Waals surface area (Å²) in [6, 6.07) is 19.9. The number of benzene rings is 3. The zero-order chi connectivity index (χ0) is 18.6. The van der Waals surface area contributed by atoms with E-state index < -0.39 is 0 Å². The van der Waals surface area contributed by atoms with Gasteiger partial charge >= 0.3 is 0 Å². The summed E-state index contributed by atoms with van der Waals surface area (Å²) in [4.78, 5) is 14.9. The highest BCUT2D eigenvalue weighted by Crippen LogP contribution is 2.30. The lowest BCUT2D eigenvalue weighted by Crippen LogP contribution is -2.36. The van der Waals surface area contributed by atoms with Crippen molar-refractivity contribution in [1.82, 2.24) is 0 Å². The van der Waals surface area contributed by atoms with Crippen LogP contribution in [-0.4, -0.2) is 32.2 Å². The maximum Gasteiger partial charge on any atom is 0.228 e. The molecule has 0 aliphatic carbocycles. The van der Waals surface area contributed by atoms with Gasteiger partial charge < -0.3 is 15.0 Å². The van der Waals surface area contributed by atoms with E-state index in [0.29, 0.717) is 24.7 Å². The predicted molar refractivity (Wildman–Crippen MR) is 111 cm³/mol. The van der Waals surface area contributed by atoms with Crippen LogP contribution in [0.4, 0.5) is 11.4 Å². The highest BCUT2D eigenvalue weighted by Gasteiger charge is 2.16. The number of carbonyl (C=O) groups excluding carboxylic acids is 1. The van der Waals surface area contributed by atoms with Crippen LogP contribution in [0.1, 0.15) is 5.56 Å². The molecule has 0 bridgehead atoms. The van der Waals surface area contributed by atoms with Crippen molar-refractivity contribution in [2.24, 2.45) is 0 Å². The van der Waals surface area contributed by atoms with Crippen molar-refractivity contribution in [1.29, 1.82) is 0 Å². The Labute approximate surface area is 163 Å². The number of anilines is 2. The van der Waals surface area contributed by atoms with Crippen LogP contribution < -0.4 is 10.2 Å². The number of carbonyl (C=O) groups is 1. The van der Waals surface area contributed by atoms with Crippen molar-refractivity contribution in [3.63, 3.8) is 0 Å². The number of hydrogen-bond acceptors (Lipinski definition) is 3. The van der Waals surface area contributed by atoms with E-state index in [1.54, 1.807) is 0 Å². The number of halogens is 1. The molecule has 27 heavy (non-hydrogen) atoms. The topological polar surface area (TPSA) is 41.6 Å². The summed E-state index contributed by atoms with van der Waals surface area (Å²) in [5.74, 6) is -0.0537. The van der Waals surface area contributed by atoms with Gasteiger partial charge in [-0.3, -0.25) is 4.79 Å². The first-order valence-electron chi connectivity index (χ1n) is 9.09. The maximum absolute atomic E-state index is 12.7. The second-order valence-electron chi connectivity index (χ2n) is 6.67. The third-order valence-corrected chi connectivity index (χ3v) is 5.00. The molecule has 0 spiro atoms. The molecule has 4 nitrogen and oxygen atoms in total. The predicted octanol–water partition coefficient (Wildman–Crippen LogP) is 4.51. The van der Waals surface area contributed by atoms with Gasteiger partial charge in [-0.25, -0.2) is 0 Å². The van der Waals surface area contributed by atoms with Crippen LogP contribution in [0, 0.1) is 0 Å². The average Bonchev–Trinajstić information content (AvgIpc) is 2.68. The van der Waals surface area contributed by atoms with Crippen molar-refractivity contribution in [3.8, 4) is 0 Å². The van der Waals surface area contributed by atoms with Crippen LogP contribution in [0.2, 0.25) is 5.02 Å². The molecule has 3 aromatic carbocycles. The maximum atomic E-state index is 12.7. The molecule has 3 aromatic rings. The zero-order valence-corrected chi connectivity index (χ0v) is 15.7. The summed E-state index contributed by atoms with van der Waals surface area (Å²) >= 11 is 6.17. The summed E-state index contributed by atoms with van der Waals surface area (Å²) in [6.07, 6.45) is 0.319. The minimum absolute atomic E-state index is 0.0537. The smallest absolute Gasteiger partial charge is 0.228 e. The summed E-state index contributed by atoms with van der Waals surface area (Å²) < 4.78 is 5.42. The summed E-state index contributed by atoms with van der Waals surface area (Å²) in [6.45, 7) is 2.98. The Balaban J connectivity index is 1.52. The quantitative estimate of drug-likeness (QED) is 0.724. The Morgan fingerprint density at radius 3 is 2.59 bits per heavy atom. The highest BCUT2D eigenvalue weighted by molar-refractivity contribution is 6.31. The number of hydrogen-bond donors (Lipinski definition) is 1. The molecule has 1 amide bonds. The minimum atomic E-state index is -0.0537. The van der Waals surface area contributed by atoms with Gasteiger partial charge in [0.1, 0.15) is 0 Å². The minimum Gasteiger partial charge on any atom is -0.378 e. The Hall–Kier alpha value is -2.56. The third kappa shape index (κ3) is 4.24. The van der Waals surface area contributed by atoms with Crippen molar-refractivity contribution in [2.75, 3.05) is 36.5 Å². The second kappa shape index (κ2) is 7.99. The number of nitrogens with zero attached hydrogens (tertiary/aromatic N) is 1. The molecule has 0 atom stereocenters. The van der Waals surface area contributed by atoms with E-state index in [-0.39, 0.29) is 5.91 Å². The number of ether oxygens (including phenoxy) is 1. The van der Waals surface area contributed by atoms with Crippen LogP contribution in [0.5, 0.6) is 0 Å². The normalized spacial score (nSPS) is 14.3. The van der Waals surface area contributed by atoms with E-state index in [9.17, 15) is 4.79 Å². The van der Waals surface area contributed by atoms with Crippen LogP contribution in [-0.2, 0) is 16.0 Å². The van der Waals surface area contributed by atoms with Crippen molar-refractivity contribution in [3.05, 3.63) is 71.2 Å². The first-order valence-corrected chi connectivity index (χ1v) is 9.47. The van der Waals surface area contributed by atoms with Gasteiger partial charge in [0, 0.05) is 18.1 Å². The standard InChI is InChI=1S/C22H21ClN2O2/c23-19-7-8-21(25-9-11-27-12-10-25)20(15-19)24-22(26)14-16-5-6-17-3-1-2-4-18(17)13-16/h1-8,13,15H,9-12,14H2,(H,24,26). The largest absolute Gasteiger partial charge is 0.378 e. The van der Waals surface area contributed by atoms with E-state index in [1.165, 1.54) is 5.39 Å². The van der Waals surface area contributed by atoms with Gasteiger partial charge in [-0.1, -0.05) is 54.1 Å². The fourth-order valence-electron chi connectivity index (χ4n) is 3.42. The Morgan fingerprint density at radius 1 is 1.00 bits per heavy atom. The van der Waals surface area contributed by atoms with E-state index in [1.807, 2.05) is 36.4 Å². The summed E-state index contributed by atoms with van der Waals surface area (Å²) in [5, 5.41) is 5.95. The van der Waals surface area contributed by atoms with Gasteiger partial charge in [0.05, 0.1) is 31.0 Å².